The van der Waals surface area contributed by atoms with E-state index in [4.69, 9.17) is 4.74 Å². The van der Waals surface area contributed by atoms with Gasteiger partial charge >= 0.3 is 0 Å². The van der Waals surface area contributed by atoms with Crippen LogP contribution in [0.25, 0.3) is 0 Å². The van der Waals surface area contributed by atoms with E-state index >= 15 is 0 Å². The molecule has 1 rings (SSSR count). The van der Waals surface area contributed by atoms with Gasteiger partial charge in [0.05, 0.1) is 13.2 Å². The zero-order valence-electron chi connectivity index (χ0n) is 14.4. The molecule has 0 spiro atoms. The molecule has 22 heavy (non-hydrogen) atoms. The quantitative estimate of drug-likeness (QED) is 0.418. The van der Waals surface area contributed by atoms with Crippen LogP contribution in [-0.4, -0.2) is 30.6 Å². The first-order valence-electron chi connectivity index (χ1n) is 8.26. The highest BCUT2D eigenvalue weighted by molar-refractivity contribution is 5.79. The average Bonchev–Trinajstić information content (AvgIpc) is 2.51. The second kappa shape index (κ2) is 10.9. The van der Waals surface area contributed by atoms with E-state index in [-0.39, 0.29) is 0 Å². The van der Waals surface area contributed by atoms with Gasteiger partial charge in [0.2, 0.25) is 5.88 Å². The molecule has 0 atom stereocenters. The van der Waals surface area contributed by atoms with Crippen molar-refractivity contribution in [2.45, 2.75) is 47.1 Å². The van der Waals surface area contributed by atoms with Crippen molar-refractivity contribution in [3.63, 3.8) is 0 Å². The normalized spacial score (nSPS) is 11.6. The molecule has 0 amide bonds. The standard InChI is InChI=1S/C17H30N4O/c1-5-7-11-22-16-15(9-8-10-19-16)13-21-17(18-6-2)20-12-14(3)4/h8-10,14H,5-7,11-13H2,1-4H3,(H2,18,20,21). The molecule has 124 valence electrons. The van der Waals surface area contributed by atoms with Crippen molar-refractivity contribution in [3.8, 4) is 5.88 Å². The molecule has 2 N–H and O–H groups in total. The summed E-state index contributed by atoms with van der Waals surface area (Å²) in [7, 11) is 0. The summed E-state index contributed by atoms with van der Waals surface area (Å²) in [6.45, 7) is 11.6. The Balaban J connectivity index is 2.67. The van der Waals surface area contributed by atoms with Crippen LogP contribution in [0.2, 0.25) is 0 Å². The van der Waals surface area contributed by atoms with Gasteiger partial charge in [0.1, 0.15) is 0 Å². The third-order valence-corrected chi connectivity index (χ3v) is 3.02. The first-order chi connectivity index (χ1) is 10.7. The maximum absolute atomic E-state index is 5.75. The summed E-state index contributed by atoms with van der Waals surface area (Å²) in [6, 6.07) is 3.94. The van der Waals surface area contributed by atoms with E-state index in [2.05, 4.69) is 48.3 Å². The maximum Gasteiger partial charge on any atom is 0.218 e. The monoisotopic (exact) mass is 306 g/mol. The minimum atomic E-state index is 0.558. The third kappa shape index (κ3) is 7.29. The molecule has 0 fully saturated rings. The van der Waals surface area contributed by atoms with Gasteiger partial charge in [-0.3, -0.25) is 0 Å². The van der Waals surface area contributed by atoms with Gasteiger partial charge < -0.3 is 15.4 Å². The predicted octanol–water partition coefficient (Wildman–Crippen LogP) is 2.97. The summed E-state index contributed by atoms with van der Waals surface area (Å²) in [4.78, 5) is 8.94. The molecule has 0 radical (unpaired) electrons. The Labute approximate surface area is 134 Å². The zero-order chi connectivity index (χ0) is 16.2. The van der Waals surface area contributed by atoms with Crippen LogP contribution in [-0.2, 0) is 6.54 Å². The van der Waals surface area contributed by atoms with E-state index in [1.165, 1.54) is 0 Å². The van der Waals surface area contributed by atoms with Crippen molar-refractivity contribution in [2.75, 3.05) is 19.7 Å². The van der Waals surface area contributed by atoms with Gasteiger partial charge in [0, 0.05) is 24.8 Å². The molecule has 1 aromatic rings. The summed E-state index contributed by atoms with van der Waals surface area (Å²) >= 11 is 0. The summed E-state index contributed by atoms with van der Waals surface area (Å²) < 4.78 is 5.75. The highest BCUT2D eigenvalue weighted by Gasteiger charge is 2.05. The second-order valence-corrected chi connectivity index (χ2v) is 5.64. The smallest absolute Gasteiger partial charge is 0.218 e. The largest absolute Gasteiger partial charge is 0.477 e. The van der Waals surface area contributed by atoms with Crippen LogP contribution in [0.1, 0.15) is 46.1 Å². The molecule has 0 unspecified atom stereocenters. The van der Waals surface area contributed by atoms with E-state index in [0.717, 1.165) is 37.5 Å². The van der Waals surface area contributed by atoms with Gasteiger partial charge in [-0.05, 0) is 25.3 Å². The minimum Gasteiger partial charge on any atom is -0.477 e. The Morgan fingerprint density at radius 3 is 2.82 bits per heavy atom. The lowest BCUT2D eigenvalue weighted by Gasteiger charge is -2.13. The number of nitrogens with zero attached hydrogens (tertiary/aromatic N) is 2. The Morgan fingerprint density at radius 2 is 2.14 bits per heavy atom. The Kier molecular flexibility index (Phi) is 9.03. The van der Waals surface area contributed by atoms with Crippen LogP contribution in [0.5, 0.6) is 5.88 Å². The van der Waals surface area contributed by atoms with E-state index in [1.807, 2.05) is 12.1 Å². The van der Waals surface area contributed by atoms with Gasteiger partial charge in [0.15, 0.2) is 5.96 Å². The second-order valence-electron chi connectivity index (χ2n) is 5.64. The van der Waals surface area contributed by atoms with Crippen LogP contribution in [0.15, 0.2) is 23.3 Å². The van der Waals surface area contributed by atoms with Crippen LogP contribution in [0.4, 0.5) is 0 Å². The molecule has 0 bridgehead atoms. The number of aliphatic imine (C=N–C) groups is 1. The molecule has 0 saturated heterocycles. The molecule has 5 heteroatoms. The van der Waals surface area contributed by atoms with Crippen LogP contribution >= 0.6 is 0 Å². The molecule has 0 aromatic carbocycles. The lowest BCUT2D eigenvalue weighted by Crippen LogP contribution is -2.39. The fraction of sp³-hybridized carbons (Fsp3) is 0.647. The zero-order valence-corrected chi connectivity index (χ0v) is 14.4. The number of hydrogen-bond acceptors (Lipinski definition) is 3. The number of pyridine rings is 1. The molecule has 0 saturated carbocycles. The van der Waals surface area contributed by atoms with E-state index in [0.29, 0.717) is 24.9 Å². The first-order valence-corrected chi connectivity index (χ1v) is 8.26. The maximum atomic E-state index is 5.75. The molecular formula is C17H30N4O. The minimum absolute atomic E-state index is 0.558. The van der Waals surface area contributed by atoms with Gasteiger partial charge in [-0.25, -0.2) is 9.98 Å². The van der Waals surface area contributed by atoms with Crippen LogP contribution < -0.4 is 15.4 Å². The lowest BCUT2D eigenvalue weighted by molar-refractivity contribution is 0.294. The number of nitrogens with one attached hydrogen (secondary N) is 2. The van der Waals surface area contributed by atoms with Crippen molar-refractivity contribution < 1.29 is 4.74 Å². The summed E-state index contributed by atoms with van der Waals surface area (Å²) in [5, 5.41) is 6.60. The van der Waals surface area contributed by atoms with Crippen molar-refractivity contribution in [1.29, 1.82) is 0 Å². The van der Waals surface area contributed by atoms with Crippen molar-refractivity contribution >= 4 is 5.96 Å². The lowest BCUT2D eigenvalue weighted by atomic mass is 10.2. The number of rotatable bonds is 9. The van der Waals surface area contributed by atoms with Crippen molar-refractivity contribution in [2.24, 2.45) is 10.9 Å². The Morgan fingerprint density at radius 1 is 1.32 bits per heavy atom. The van der Waals surface area contributed by atoms with Gasteiger partial charge in [-0.2, -0.15) is 0 Å². The molecule has 0 aliphatic rings. The molecule has 0 aliphatic heterocycles. The average molecular weight is 306 g/mol. The third-order valence-electron chi connectivity index (χ3n) is 3.02. The number of ether oxygens (including phenoxy) is 1. The first kappa shape index (κ1) is 18.3. The number of guanidine groups is 1. The fourth-order valence-corrected chi connectivity index (χ4v) is 1.79. The number of hydrogen-bond donors (Lipinski definition) is 2. The highest BCUT2D eigenvalue weighted by Crippen LogP contribution is 2.15. The van der Waals surface area contributed by atoms with Gasteiger partial charge in [-0.15, -0.1) is 0 Å². The fourth-order valence-electron chi connectivity index (χ4n) is 1.79. The van der Waals surface area contributed by atoms with Crippen molar-refractivity contribution in [3.05, 3.63) is 23.9 Å². The molecular weight excluding hydrogens is 276 g/mol. The van der Waals surface area contributed by atoms with Gasteiger partial charge in [-0.1, -0.05) is 33.3 Å². The number of aromatic nitrogens is 1. The van der Waals surface area contributed by atoms with Crippen molar-refractivity contribution in [1.82, 2.24) is 15.6 Å². The van der Waals surface area contributed by atoms with Crippen LogP contribution in [0, 0.1) is 5.92 Å². The number of unbranched alkanes of at least 4 members (excludes halogenated alkanes) is 1. The Hall–Kier alpha value is -1.78. The van der Waals surface area contributed by atoms with E-state index in [1.54, 1.807) is 6.20 Å². The predicted molar refractivity (Wildman–Crippen MR) is 92.3 cm³/mol. The van der Waals surface area contributed by atoms with Gasteiger partial charge in [0.25, 0.3) is 0 Å². The van der Waals surface area contributed by atoms with Crippen LogP contribution in [0.3, 0.4) is 0 Å². The molecule has 5 nitrogen and oxygen atoms in total. The molecule has 1 aromatic heterocycles. The summed E-state index contributed by atoms with van der Waals surface area (Å²) in [5.74, 6) is 2.11. The molecule has 1 heterocycles. The topological polar surface area (TPSA) is 58.5 Å². The molecule has 0 aliphatic carbocycles. The summed E-state index contributed by atoms with van der Waals surface area (Å²) in [6.07, 6.45) is 3.92. The SMILES string of the molecule is CCCCOc1ncccc1CN=C(NCC)NCC(C)C. The highest BCUT2D eigenvalue weighted by atomic mass is 16.5. The van der Waals surface area contributed by atoms with E-state index < -0.39 is 0 Å². The Bertz CT molecular complexity index is 446. The van der Waals surface area contributed by atoms with E-state index in [9.17, 15) is 0 Å². The summed E-state index contributed by atoms with van der Waals surface area (Å²) in [5.41, 5.74) is 1.01.